The molecule has 15 heavy (non-hydrogen) atoms. The van der Waals surface area contributed by atoms with Crippen LogP contribution >= 0.6 is 0 Å². The van der Waals surface area contributed by atoms with Crippen LogP contribution in [0.5, 0.6) is 0 Å². The first-order valence-corrected chi connectivity index (χ1v) is 5.15. The van der Waals surface area contributed by atoms with Crippen LogP contribution in [0.1, 0.15) is 12.8 Å². The van der Waals surface area contributed by atoms with Gasteiger partial charge in [0.2, 0.25) is 5.56 Å². The molecule has 0 aromatic carbocycles. The predicted molar refractivity (Wildman–Crippen MR) is 59.1 cm³/mol. The maximum atomic E-state index is 11.2. The lowest BCUT2D eigenvalue weighted by atomic mass is 9.89. The summed E-state index contributed by atoms with van der Waals surface area (Å²) in [4.78, 5) is 11.2. The number of aromatic nitrogens is 1. The average Bonchev–Trinajstić information content (AvgIpc) is 2.16. The van der Waals surface area contributed by atoms with Crippen LogP contribution in [0.15, 0.2) is 23.1 Å². The van der Waals surface area contributed by atoms with E-state index in [4.69, 9.17) is 4.74 Å². The largest absolute Gasteiger partial charge is 0.381 e. The van der Waals surface area contributed by atoms with Crippen molar-refractivity contribution in [1.29, 1.82) is 0 Å². The van der Waals surface area contributed by atoms with Crippen molar-refractivity contribution in [2.75, 3.05) is 12.4 Å². The fourth-order valence-corrected chi connectivity index (χ4v) is 1.79. The molecule has 0 spiro atoms. The Balaban J connectivity index is 1.95. The molecule has 1 N–H and O–H groups in total. The molecule has 0 unspecified atom stereocenters. The smallest absolute Gasteiger partial charge is 0.250 e. The Kier molecular flexibility index (Phi) is 2.77. The molecule has 4 nitrogen and oxygen atoms in total. The molecule has 0 bridgehead atoms. The van der Waals surface area contributed by atoms with E-state index in [1.54, 1.807) is 24.8 Å². The van der Waals surface area contributed by atoms with Crippen LogP contribution in [0.4, 0.5) is 5.69 Å². The van der Waals surface area contributed by atoms with E-state index in [2.05, 4.69) is 5.32 Å². The summed E-state index contributed by atoms with van der Waals surface area (Å²) in [7, 11) is 3.50. The van der Waals surface area contributed by atoms with Crippen molar-refractivity contribution in [3.63, 3.8) is 0 Å². The third kappa shape index (κ3) is 2.21. The van der Waals surface area contributed by atoms with E-state index in [1.807, 2.05) is 12.3 Å². The zero-order valence-electron chi connectivity index (χ0n) is 9.06. The van der Waals surface area contributed by atoms with Crippen molar-refractivity contribution in [2.45, 2.75) is 25.0 Å². The summed E-state index contributed by atoms with van der Waals surface area (Å²) in [5, 5.41) is 3.37. The van der Waals surface area contributed by atoms with Crippen LogP contribution in [-0.2, 0) is 11.8 Å². The number of aryl methyl sites for hydroxylation is 1. The Morgan fingerprint density at radius 2 is 2.20 bits per heavy atom. The minimum absolute atomic E-state index is 0.0175. The third-order valence-corrected chi connectivity index (χ3v) is 2.88. The first-order valence-electron chi connectivity index (χ1n) is 5.15. The number of methoxy groups -OCH3 is 1. The van der Waals surface area contributed by atoms with Gasteiger partial charge < -0.3 is 14.6 Å². The molecule has 1 aromatic heterocycles. The lowest BCUT2D eigenvalue weighted by Gasteiger charge is -2.35. The van der Waals surface area contributed by atoms with Crippen molar-refractivity contribution in [3.05, 3.63) is 28.7 Å². The predicted octanol–water partition coefficient (Wildman–Crippen LogP) is 0.975. The molecular formula is C11H16N2O2. The molecule has 0 aliphatic heterocycles. The fourth-order valence-electron chi connectivity index (χ4n) is 1.79. The van der Waals surface area contributed by atoms with Gasteiger partial charge in [0.15, 0.2) is 0 Å². The molecule has 4 heteroatoms. The van der Waals surface area contributed by atoms with E-state index in [-0.39, 0.29) is 5.56 Å². The summed E-state index contributed by atoms with van der Waals surface area (Å²) in [5.74, 6) is 0. The SMILES string of the molecule is COC1CC(Nc2ccc(=O)n(C)c2)C1. The number of pyridine rings is 1. The maximum Gasteiger partial charge on any atom is 0.250 e. The normalized spacial score (nSPS) is 24.7. The first kappa shape index (κ1) is 10.2. The van der Waals surface area contributed by atoms with Gasteiger partial charge >= 0.3 is 0 Å². The van der Waals surface area contributed by atoms with Crippen molar-refractivity contribution < 1.29 is 4.74 Å². The molecule has 0 radical (unpaired) electrons. The first-order chi connectivity index (χ1) is 7.19. The number of anilines is 1. The molecule has 82 valence electrons. The second-order valence-electron chi connectivity index (χ2n) is 4.04. The summed E-state index contributed by atoms with van der Waals surface area (Å²) in [6.45, 7) is 0. The molecule has 1 aliphatic rings. The number of ether oxygens (including phenoxy) is 1. The van der Waals surface area contributed by atoms with Gasteiger partial charge in [0.25, 0.3) is 0 Å². The van der Waals surface area contributed by atoms with Gasteiger partial charge in [0, 0.05) is 32.5 Å². The number of nitrogens with one attached hydrogen (secondary N) is 1. The highest BCUT2D eigenvalue weighted by atomic mass is 16.5. The van der Waals surface area contributed by atoms with Crippen LogP contribution in [0.3, 0.4) is 0 Å². The van der Waals surface area contributed by atoms with E-state index in [9.17, 15) is 4.79 Å². The van der Waals surface area contributed by atoms with Gasteiger partial charge in [-0.15, -0.1) is 0 Å². The van der Waals surface area contributed by atoms with E-state index >= 15 is 0 Å². The topological polar surface area (TPSA) is 43.3 Å². The van der Waals surface area contributed by atoms with Crippen molar-refractivity contribution >= 4 is 5.69 Å². The second kappa shape index (κ2) is 4.06. The molecular weight excluding hydrogens is 192 g/mol. The Morgan fingerprint density at radius 1 is 1.47 bits per heavy atom. The number of hydrogen-bond acceptors (Lipinski definition) is 3. The van der Waals surface area contributed by atoms with Crippen LogP contribution < -0.4 is 10.9 Å². The second-order valence-corrected chi connectivity index (χ2v) is 4.04. The molecule has 1 fully saturated rings. The molecule has 1 saturated carbocycles. The minimum atomic E-state index is 0.0175. The summed E-state index contributed by atoms with van der Waals surface area (Å²) >= 11 is 0. The van der Waals surface area contributed by atoms with Gasteiger partial charge in [-0.1, -0.05) is 0 Å². The van der Waals surface area contributed by atoms with E-state index < -0.39 is 0 Å². The van der Waals surface area contributed by atoms with Crippen LogP contribution in [0.25, 0.3) is 0 Å². The molecule has 0 atom stereocenters. The summed E-state index contributed by atoms with van der Waals surface area (Å²) in [6.07, 6.45) is 4.30. The average molecular weight is 208 g/mol. The van der Waals surface area contributed by atoms with E-state index in [0.29, 0.717) is 12.1 Å². The zero-order valence-corrected chi connectivity index (χ0v) is 9.06. The minimum Gasteiger partial charge on any atom is -0.381 e. The molecule has 1 aromatic rings. The number of rotatable bonds is 3. The fraction of sp³-hybridized carbons (Fsp3) is 0.545. The number of nitrogens with zero attached hydrogens (tertiary/aromatic N) is 1. The highest BCUT2D eigenvalue weighted by Crippen LogP contribution is 2.25. The summed E-state index contributed by atoms with van der Waals surface area (Å²) in [5.41, 5.74) is 1.01. The van der Waals surface area contributed by atoms with Gasteiger partial charge in [-0.25, -0.2) is 0 Å². The summed E-state index contributed by atoms with van der Waals surface area (Å²) < 4.78 is 6.78. The Hall–Kier alpha value is -1.29. The lowest BCUT2D eigenvalue weighted by Crippen LogP contribution is -2.40. The van der Waals surface area contributed by atoms with Gasteiger partial charge in [-0.2, -0.15) is 0 Å². The van der Waals surface area contributed by atoms with Crippen LogP contribution in [0, 0.1) is 0 Å². The molecule has 0 saturated heterocycles. The van der Waals surface area contributed by atoms with Gasteiger partial charge in [-0.05, 0) is 18.9 Å². The van der Waals surface area contributed by atoms with Crippen molar-refractivity contribution in [3.8, 4) is 0 Å². The Morgan fingerprint density at radius 3 is 2.80 bits per heavy atom. The standard InChI is InChI=1S/C11H16N2O2/c1-13-7-8(3-4-11(13)14)12-9-5-10(6-9)15-2/h3-4,7,9-10,12H,5-6H2,1-2H3. The van der Waals surface area contributed by atoms with Gasteiger partial charge in [-0.3, -0.25) is 4.79 Å². The van der Waals surface area contributed by atoms with Gasteiger partial charge in [0.05, 0.1) is 11.8 Å². The molecule has 1 aliphatic carbocycles. The highest BCUT2D eigenvalue weighted by Gasteiger charge is 2.28. The lowest BCUT2D eigenvalue weighted by molar-refractivity contribution is 0.0328. The summed E-state index contributed by atoms with van der Waals surface area (Å²) in [6, 6.07) is 3.88. The van der Waals surface area contributed by atoms with Crippen LogP contribution in [-0.4, -0.2) is 23.8 Å². The molecule has 0 amide bonds. The Bertz CT molecular complexity index is 394. The number of hydrogen-bond donors (Lipinski definition) is 1. The highest BCUT2D eigenvalue weighted by molar-refractivity contribution is 5.41. The monoisotopic (exact) mass is 208 g/mol. The van der Waals surface area contributed by atoms with Gasteiger partial charge in [0.1, 0.15) is 0 Å². The quantitative estimate of drug-likeness (QED) is 0.805. The van der Waals surface area contributed by atoms with Crippen molar-refractivity contribution in [1.82, 2.24) is 4.57 Å². The Labute approximate surface area is 88.9 Å². The maximum absolute atomic E-state index is 11.2. The zero-order chi connectivity index (χ0) is 10.8. The van der Waals surface area contributed by atoms with Crippen molar-refractivity contribution in [2.24, 2.45) is 7.05 Å². The van der Waals surface area contributed by atoms with E-state index in [1.165, 1.54) is 0 Å². The van der Waals surface area contributed by atoms with Crippen LogP contribution in [0.2, 0.25) is 0 Å². The third-order valence-electron chi connectivity index (χ3n) is 2.88. The molecule has 1 heterocycles. The van der Waals surface area contributed by atoms with E-state index in [0.717, 1.165) is 18.5 Å². The molecule has 2 rings (SSSR count).